The molecule has 6 rings (SSSR count). The van der Waals surface area contributed by atoms with Gasteiger partial charge in [0.2, 0.25) is 0 Å². The highest BCUT2D eigenvalue weighted by Gasteiger charge is 2.62. The van der Waals surface area contributed by atoms with E-state index in [9.17, 15) is 24.3 Å². The molecule has 0 spiro atoms. The van der Waals surface area contributed by atoms with Gasteiger partial charge in [0.25, 0.3) is 0 Å². The second-order valence-electron chi connectivity index (χ2n) is 18.4. The van der Waals surface area contributed by atoms with E-state index in [0.29, 0.717) is 26.1 Å². The molecule has 4 saturated heterocycles. The summed E-state index contributed by atoms with van der Waals surface area (Å²) in [5, 5.41) is 13.7. The number of methoxy groups -OCH3 is 2. The zero-order chi connectivity index (χ0) is 44.0. The number of aliphatic hydroxyl groups excluding tert-OH is 1. The standard InChI is InChI=1S/C46H67N3O11/c1-13-36-46(8)40(49(44(54)60-46)31-22-48(23-31)24-33-32-17-15-14-16-30(32)18-19-35(33)55-11)27(4)37(50)25(2)21-45(7,56-12)41(28(5)38(51)29(6)42(53)58-36)59-43-39(52)34(47(9)10)20-26(3)57-43/h14-19,25-29,31,34,36,39-41,43,52H,13,20-24H2,1-12H3/t25-,26-,27+,28+,29-,34+,36-,39-,40-,41-,43+,45-,46-/m1/s1. The van der Waals surface area contributed by atoms with Crippen LogP contribution in [0.15, 0.2) is 36.4 Å². The number of ether oxygens (including phenoxy) is 6. The Kier molecular flexibility index (Phi) is 13.7. The minimum Gasteiger partial charge on any atom is -0.496 e. The van der Waals surface area contributed by atoms with Gasteiger partial charge in [-0.25, -0.2) is 4.79 Å². The highest BCUT2D eigenvalue weighted by atomic mass is 16.7. The van der Waals surface area contributed by atoms with E-state index < -0.39 is 83.4 Å². The van der Waals surface area contributed by atoms with Crippen LogP contribution in [0.3, 0.4) is 0 Å². The van der Waals surface area contributed by atoms with E-state index in [1.807, 2.05) is 71.0 Å². The fourth-order valence-corrected chi connectivity index (χ4v) is 10.5. The number of likely N-dealkylation sites (N-methyl/N-ethyl adjacent to an activating group) is 1. The van der Waals surface area contributed by atoms with Gasteiger partial charge in [-0.3, -0.25) is 24.2 Å². The van der Waals surface area contributed by atoms with Crippen molar-refractivity contribution in [2.45, 2.75) is 141 Å². The van der Waals surface area contributed by atoms with Crippen LogP contribution in [0.5, 0.6) is 5.75 Å². The van der Waals surface area contributed by atoms with Crippen LogP contribution in [0, 0.1) is 23.7 Å². The molecule has 0 radical (unpaired) electrons. The first-order chi connectivity index (χ1) is 28.3. The third-order valence-corrected chi connectivity index (χ3v) is 14.0. The highest BCUT2D eigenvalue weighted by molar-refractivity contribution is 6.00. The van der Waals surface area contributed by atoms with E-state index in [1.165, 1.54) is 14.0 Å². The number of esters is 1. The average molecular weight is 838 g/mol. The summed E-state index contributed by atoms with van der Waals surface area (Å²) in [6.07, 6.45) is -4.07. The molecule has 332 valence electrons. The Labute approximate surface area is 355 Å². The molecular weight excluding hydrogens is 771 g/mol. The number of hydrogen-bond donors (Lipinski definition) is 1. The number of benzene rings is 2. The first kappa shape index (κ1) is 45.9. The Bertz CT molecular complexity index is 1900. The van der Waals surface area contributed by atoms with Gasteiger partial charge in [-0.1, -0.05) is 58.0 Å². The zero-order valence-corrected chi connectivity index (χ0v) is 37.5. The van der Waals surface area contributed by atoms with E-state index >= 15 is 0 Å². The Morgan fingerprint density at radius 3 is 2.25 bits per heavy atom. The van der Waals surface area contributed by atoms with Crippen molar-refractivity contribution >= 4 is 34.4 Å². The molecule has 0 saturated carbocycles. The topological polar surface area (TPSA) is 154 Å². The SMILES string of the molecule is CC[C@H]1OC(=O)[C@H](C)C(=O)[C@H](C)[C@@H](O[C@@H]2O[C@H](C)C[C@H](N(C)C)[C@H]2O)[C@](C)(OC)C[C@@H](C)C(=O)[C@H](C)[C@H]2N(C3CN(Cc4c(OC)ccc5ccccc45)C3)C(=O)O[C@]12C. The second-order valence-corrected chi connectivity index (χ2v) is 18.4. The van der Waals surface area contributed by atoms with E-state index in [2.05, 4.69) is 17.0 Å². The normalized spacial score (nSPS) is 37.7. The van der Waals surface area contributed by atoms with Crippen molar-refractivity contribution in [1.29, 1.82) is 0 Å². The summed E-state index contributed by atoms with van der Waals surface area (Å²) < 4.78 is 37.3. The summed E-state index contributed by atoms with van der Waals surface area (Å²) >= 11 is 0. The summed E-state index contributed by atoms with van der Waals surface area (Å²) in [5.41, 5.74) is -1.64. The van der Waals surface area contributed by atoms with Gasteiger partial charge >= 0.3 is 12.1 Å². The van der Waals surface area contributed by atoms with Crippen LogP contribution in [-0.2, 0) is 44.6 Å². The van der Waals surface area contributed by atoms with Gasteiger partial charge in [-0.15, -0.1) is 0 Å². The number of nitrogens with zero attached hydrogens (tertiary/aromatic N) is 3. The lowest BCUT2D eigenvalue weighted by Gasteiger charge is -2.49. The molecule has 14 heteroatoms. The van der Waals surface area contributed by atoms with Crippen LogP contribution in [0.4, 0.5) is 4.79 Å². The number of cyclic esters (lactones) is 1. The minimum absolute atomic E-state index is 0.128. The molecule has 4 heterocycles. The maximum Gasteiger partial charge on any atom is 0.411 e. The number of carbonyl (C=O) groups is 4. The van der Waals surface area contributed by atoms with Crippen LogP contribution in [0.2, 0.25) is 0 Å². The number of amides is 1. The summed E-state index contributed by atoms with van der Waals surface area (Å²) in [5.74, 6) is -4.19. The van der Waals surface area contributed by atoms with Gasteiger partial charge in [-0.2, -0.15) is 0 Å². The smallest absolute Gasteiger partial charge is 0.411 e. The third-order valence-electron chi connectivity index (χ3n) is 14.0. The molecule has 14 nitrogen and oxygen atoms in total. The first-order valence-electron chi connectivity index (χ1n) is 21.6. The molecule has 0 bridgehead atoms. The Hall–Kier alpha value is -3.66. The molecule has 0 aliphatic carbocycles. The van der Waals surface area contributed by atoms with Gasteiger partial charge < -0.3 is 38.4 Å². The van der Waals surface area contributed by atoms with Gasteiger partial charge in [0.1, 0.15) is 29.7 Å². The number of aliphatic hydroxyl groups is 1. The molecule has 0 unspecified atom stereocenters. The van der Waals surface area contributed by atoms with Gasteiger partial charge in [-0.05, 0) is 77.9 Å². The largest absolute Gasteiger partial charge is 0.496 e. The van der Waals surface area contributed by atoms with Crippen molar-refractivity contribution in [2.75, 3.05) is 41.4 Å². The number of likely N-dealkylation sites (tertiary alicyclic amines) is 1. The molecule has 1 N–H and O–H groups in total. The third kappa shape index (κ3) is 8.44. The predicted molar refractivity (Wildman–Crippen MR) is 224 cm³/mol. The van der Waals surface area contributed by atoms with Crippen molar-refractivity contribution in [2.24, 2.45) is 23.7 Å². The van der Waals surface area contributed by atoms with Crippen LogP contribution in [-0.4, -0.2) is 145 Å². The van der Waals surface area contributed by atoms with Gasteiger partial charge in [0.15, 0.2) is 17.7 Å². The summed E-state index contributed by atoms with van der Waals surface area (Å²) in [6.45, 7) is 15.7. The van der Waals surface area contributed by atoms with E-state index in [0.717, 1.165) is 22.1 Å². The molecule has 2 aromatic carbocycles. The Morgan fingerprint density at radius 2 is 1.62 bits per heavy atom. The molecule has 4 fully saturated rings. The van der Waals surface area contributed by atoms with Crippen LogP contribution in [0.1, 0.15) is 80.2 Å². The first-order valence-corrected chi connectivity index (χ1v) is 21.6. The predicted octanol–water partition coefficient (Wildman–Crippen LogP) is 5.24. The van der Waals surface area contributed by atoms with Crippen molar-refractivity contribution in [3.05, 3.63) is 42.0 Å². The highest BCUT2D eigenvalue weighted by Crippen LogP contribution is 2.45. The molecule has 0 aromatic heterocycles. The van der Waals surface area contributed by atoms with E-state index in [1.54, 1.807) is 32.8 Å². The summed E-state index contributed by atoms with van der Waals surface area (Å²) in [7, 11) is 6.91. The zero-order valence-electron chi connectivity index (χ0n) is 37.5. The maximum atomic E-state index is 14.9. The number of hydrogen-bond acceptors (Lipinski definition) is 13. The summed E-state index contributed by atoms with van der Waals surface area (Å²) in [6, 6.07) is 10.8. The lowest BCUT2D eigenvalue weighted by molar-refractivity contribution is -0.295. The van der Waals surface area contributed by atoms with Crippen LogP contribution >= 0.6 is 0 Å². The van der Waals surface area contributed by atoms with Gasteiger partial charge in [0, 0.05) is 56.1 Å². The number of carbonyl (C=O) groups excluding carboxylic acids is 4. The Morgan fingerprint density at radius 1 is 0.933 bits per heavy atom. The van der Waals surface area contributed by atoms with Crippen molar-refractivity contribution in [1.82, 2.24) is 14.7 Å². The second kappa shape index (κ2) is 18.0. The van der Waals surface area contributed by atoms with Gasteiger partial charge in [0.05, 0.1) is 37.0 Å². The van der Waals surface area contributed by atoms with E-state index in [-0.39, 0.29) is 36.8 Å². The maximum absolute atomic E-state index is 14.9. The molecular formula is C46H67N3O11. The number of ketones is 2. The summed E-state index contributed by atoms with van der Waals surface area (Å²) in [4.78, 5) is 63.4. The van der Waals surface area contributed by atoms with Crippen LogP contribution < -0.4 is 4.74 Å². The number of fused-ring (bicyclic) bond motifs is 2. The fraction of sp³-hybridized carbons (Fsp3) is 0.696. The van der Waals surface area contributed by atoms with Crippen molar-refractivity contribution < 1.29 is 52.7 Å². The van der Waals surface area contributed by atoms with Crippen molar-refractivity contribution in [3.8, 4) is 5.75 Å². The number of Topliss-reactive ketones (excluding diaryl/α,β-unsaturated/α-hetero) is 2. The average Bonchev–Trinajstić information content (AvgIpc) is 3.48. The number of rotatable bonds is 9. The molecule has 13 atom stereocenters. The monoisotopic (exact) mass is 837 g/mol. The molecule has 4 aliphatic rings. The molecule has 1 amide bonds. The Balaban J connectivity index is 1.33. The fourth-order valence-electron chi connectivity index (χ4n) is 10.5. The quantitative estimate of drug-likeness (QED) is 0.259. The van der Waals surface area contributed by atoms with E-state index in [4.69, 9.17) is 28.4 Å². The van der Waals surface area contributed by atoms with Crippen LogP contribution in [0.25, 0.3) is 10.8 Å². The van der Waals surface area contributed by atoms with Crippen molar-refractivity contribution in [3.63, 3.8) is 0 Å². The lowest BCUT2D eigenvalue weighted by Crippen LogP contribution is -2.65. The molecule has 60 heavy (non-hydrogen) atoms. The molecule has 4 aliphatic heterocycles. The molecule has 2 aromatic rings. The lowest BCUT2D eigenvalue weighted by atomic mass is 9.73. The minimum atomic E-state index is -1.42.